The van der Waals surface area contributed by atoms with Crippen LogP contribution in [0.4, 0.5) is 0 Å². The first-order valence-electron chi connectivity index (χ1n) is 5.56. The summed E-state index contributed by atoms with van der Waals surface area (Å²) in [4.78, 5) is 0.957. The maximum absolute atomic E-state index is 10.9. The second-order valence-corrected chi connectivity index (χ2v) is 6.85. The van der Waals surface area contributed by atoms with E-state index in [-0.39, 0.29) is 5.75 Å². The fourth-order valence-electron chi connectivity index (χ4n) is 1.76. The van der Waals surface area contributed by atoms with Crippen LogP contribution in [-0.4, -0.2) is 19.9 Å². The van der Waals surface area contributed by atoms with Gasteiger partial charge in [0, 0.05) is 16.0 Å². The van der Waals surface area contributed by atoms with Gasteiger partial charge in [0.15, 0.2) is 0 Å². The van der Waals surface area contributed by atoms with Crippen LogP contribution in [0.1, 0.15) is 5.56 Å². The number of nitrogens with two attached hydrogens (primary N) is 1. The number of primary sulfonamides is 1. The minimum Gasteiger partial charge on any atom is -0.229 e. The van der Waals surface area contributed by atoms with E-state index in [2.05, 4.69) is 6.07 Å². The summed E-state index contributed by atoms with van der Waals surface area (Å²) in [6, 6.07) is 13.3. The van der Waals surface area contributed by atoms with Crippen LogP contribution in [0.2, 0.25) is 0 Å². The first-order chi connectivity index (χ1) is 9.01. The van der Waals surface area contributed by atoms with Gasteiger partial charge in [0.05, 0.1) is 17.4 Å². The van der Waals surface area contributed by atoms with E-state index in [0.717, 1.165) is 15.7 Å². The summed E-state index contributed by atoms with van der Waals surface area (Å²) in [6.07, 6.45) is 0. The standard InChI is InChI=1S/C13H12N2O2S2/c14-9-10-5-6-13(18-7-8-19(15,16)17)12-4-2-1-3-11(10)12/h1-6H,7-8H2,(H2,15,16,17). The Balaban J connectivity index is 2.33. The lowest BCUT2D eigenvalue weighted by atomic mass is 10.1. The minimum absolute atomic E-state index is 0.0635. The number of benzene rings is 2. The van der Waals surface area contributed by atoms with Crippen LogP contribution in [0.15, 0.2) is 41.3 Å². The Bertz CT molecular complexity index is 749. The number of nitriles is 1. The van der Waals surface area contributed by atoms with E-state index in [1.54, 1.807) is 6.07 Å². The molecule has 0 aliphatic heterocycles. The molecule has 2 aromatic rings. The number of fused-ring (bicyclic) bond motifs is 1. The van der Waals surface area contributed by atoms with Crippen molar-refractivity contribution >= 4 is 32.6 Å². The Morgan fingerprint density at radius 2 is 1.84 bits per heavy atom. The molecule has 0 aliphatic rings. The molecule has 0 radical (unpaired) electrons. The third-order valence-electron chi connectivity index (χ3n) is 2.63. The number of thioether (sulfide) groups is 1. The van der Waals surface area contributed by atoms with Crippen LogP contribution in [-0.2, 0) is 10.0 Å². The summed E-state index contributed by atoms with van der Waals surface area (Å²) in [7, 11) is -3.43. The van der Waals surface area contributed by atoms with E-state index in [1.165, 1.54) is 11.8 Å². The minimum atomic E-state index is -3.43. The highest BCUT2D eigenvalue weighted by Crippen LogP contribution is 2.29. The van der Waals surface area contributed by atoms with Gasteiger partial charge >= 0.3 is 0 Å². The van der Waals surface area contributed by atoms with Gasteiger partial charge in [-0.2, -0.15) is 5.26 Å². The summed E-state index contributed by atoms with van der Waals surface area (Å²) in [6.45, 7) is 0. The van der Waals surface area contributed by atoms with Crippen LogP contribution in [0, 0.1) is 11.3 Å². The number of sulfonamides is 1. The van der Waals surface area contributed by atoms with Gasteiger partial charge in [-0.3, -0.25) is 0 Å². The molecule has 2 N–H and O–H groups in total. The fraction of sp³-hybridized carbons (Fsp3) is 0.154. The predicted octanol–water partition coefficient (Wildman–Crippen LogP) is 2.09. The number of nitrogens with zero attached hydrogens (tertiary/aromatic N) is 1. The summed E-state index contributed by atoms with van der Waals surface area (Å²) < 4.78 is 21.8. The Hall–Kier alpha value is -1.55. The highest BCUT2D eigenvalue weighted by Gasteiger charge is 2.08. The van der Waals surface area contributed by atoms with Crippen molar-refractivity contribution in [3.05, 3.63) is 42.0 Å². The van der Waals surface area contributed by atoms with Gasteiger partial charge < -0.3 is 0 Å². The molecule has 0 unspecified atom stereocenters. The van der Waals surface area contributed by atoms with E-state index in [9.17, 15) is 8.42 Å². The molecule has 0 amide bonds. The monoisotopic (exact) mass is 292 g/mol. The van der Waals surface area contributed by atoms with Crippen molar-refractivity contribution < 1.29 is 8.42 Å². The molecule has 0 saturated carbocycles. The molecule has 0 aliphatic carbocycles. The molecule has 0 aromatic heterocycles. The molecule has 98 valence electrons. The summed E-state index contributed by atoms with van der Waals surface area (Å²) in [5, 5.41) is 15.9. The molecule has 0 heterocycles. The lowest BCUT2D eigenvalue weighted by Crippen LogP contribution is -2.17. The quantitative estimate of drug-likeness (QED) is 0.874. The lowest BCUT2D eigenvalue weighted by molar-refractivity contribution is 0.599. The summed E-state index contributed by atoms with van der Waals surface area (Å²) in [5.41, 5.74) is 0.617. The molecule has 0 bridgehead atoms. The van der Waals surface area contributed by atoms with Gasteiger partial charge in [0.1, 0.15) is 0 Å². The lowest BCUT2D eigenvalue weighted by Gasteiger charge is -2.07. The van der Waals surface area contributed by atoms with Gasteiger partial charge in [-0.25, -0.2) is 13.6 Å². The third-order valence-corrected chi connectivity index (χ3v) is 4.74. The molecule has 0 saturated heterocycles. The van der Waals surface area contributed by atoms with Gasteiger partial charge in [-0.05, 0) is 17.5 Å². The van der Waals surface area contributed by atoms with Gasteiger partial charge in [0.25, 0.3) is 0 Å². The normalized spacial score (nSPS) is 11.4. The van der Waals surface area contributed by atoms with Crippen molar-refractivity contribution in [1.29, 1.82) is 5.26 Å². The molecular weight excluding hydrogens is 280 g/mol. The van der Waals surface area contributed by atoms with Crippen molar-refractivity contribution in [2.24, 2.45) is 5.14 Å². The molecule has 0 atom stereocenters. The van der Waals surface area contributed by atoms with Crippen molar-refractivity contribution in [3.63, 3.8) is 0 Å². The second-order valence-electron chi connectivity index (χ2n) is 3.98. The average Bonchev–Trinajstić information content (AvgIpc) is 2.37. The zero-order chi connectivity index (χ0) is 13.9. The zero-order valence-corrected chi connectivity index (χ0v) is 11.7. The SMILES string of the molecule is N#Cc1ccc(SCCS(N)(=O)=O)c2ccccc12. The molecule has 0 spiro atoms. The van der Waals surface area contributed by atoms with Crippen LogP contribution in [0.5, 0.6) is 0 Å². The van der Waals surface area contributed by atoms with E-state index in [0.29, 0.717) is 11.3 Å². The zero-order valence-electron chi connectivity index (χ0n) is 10.0. The Labute approximate surface area is 116 Å². The topological polar surface area (TPSA) is 83.9 Å². The van der Waals surface area contributed by atoms with Gasteiger partial charge in [0.2, 0.25) is 10.0 Å². The highest BCUT2D eigenvalue weighted by atomic mass is 32.2. The smallest absolute Gasteiger partial charge is 0.209 e. The van der Waals surface area contributed by atoms with E-state index in [4.69, 9.17) is 10.4 Å². The van der Waals surface area contributed by atoms with Gasteiger partial charge in [-0.15, -0.1) is 11.8 Å². The molecular formula is C13H12N2O2S2. The Morgan fingerprint density at radius 3 is 2.47 bits per heavy atom. The van der Waals surface area contributed by atoms with Crippen LogP contribution in [0.3, 0.4) is 0 Å². The molecule has 19 heavy (non-hydrogen) atoms. The number of hydrogen-bond acceptors (Lipinski definition) is 4. The number of hydrogen-bond donors (Lipinski definition) is 1. The van der Waals surface area contributed by atoms with Crippen LogP contribution in [0.25, 0.3) is 10.8 Å². The highest BCUT2D eigenvalue weighted by molar-refractivity contribution is 8.00. The van der Waals surface area contributed by atoms with E-state index < -0.39 is 10.0 Å². The Morgan fingerprint density at radius 1 is 1.16 bits per heavy atom. The average molecular weight is 292 g/mol. The largest absolute Gasteiger partial charge is 0.229 e. The maximum Gasteiger partial charge on any atom is 0.209 e. The predicted molar refractivity (Wildman–Crippen MR) is 77.4 cm³/mol. The maximum atomic E-state index is 10.9. The molecule has 6 heteroatoms. The number of rotatable bonds is 4. The van der Waals surface area contributed by atoms with Crippen LogP contribution < -0.4 is 5.14 Å². The van der Waals surface area contributed by atoms with E-state index in [1.807, 2.05) is 30.3 Å². The third kappa shape index (κ3) is 3.47. The summed E-state index contributed by atoms with van der Waals surface area (Å²) >= 11 is 1.43. The van der Waals surface area contributed by atoms with Crippen molar-refractivity contribution in [2.45, 2.75) is 4.90 Å². The summed E-state index contributed by atoms with van der Waals surface area (Å²) in [5.74, 6) is 0.334. The van der Waals surface area contributed by atoms with Crippen molar-refractivity contribution in [3.8, 4) is 6.07 Å². The van der Waals surface area contributed by atoms with Gasteiger partial charge in [-0.1, -0.05) is 24.3 Å². The first kappa shape index (κ1) is 13.9. The van der Waals surface area contributed by atoms with Crippen LogP contribution >= 0.6 is 11.8 Å². The fourth-order valence-corrected chi connectivity index (χ4v) is 3.74. The Kier molecular flexibility index (Phi) is 4.10. The second kappa shape index (κ2) is 5.61. The van der Waals surface area contributed by atoms with E-state index >= 15 is 0 Å². The first-order valence-corrected chi connectivity index (χ1v) is 8.26. The molecule has 2 rings (SSSR count). The molecule has 0 fully saturated rings. The molecule has 2 aromatic carbocycles. The van der Waals surface area contributed by atoms with Crippen molar-refractivity contribution in [1.82, 2.24) is 0 Å². The molecule has 4 nitrogen and oxygen atoms in total. The van der Waals surface area contributed by atoms with Crippen molar-refractivity contribution in [2.75, 3.05) is 11.5 Å².